The average Bonchev–Trinajstić information content (AvgIpc) is 1.88. The van der Waals surface area contributed by atoms with E-state index in [1.165, 1.54) is 6.07 Å². The van der Waals surface area contributed by atoms with E-state index in [2.05, 4.69) is 25.3 Å². The summed E-state index contributed by atoms with van der Waals surface area (Å²) < 4.78 is 0.0663. The van der Waals surface area contributed by atoms with Gasteiger partial charge in [-0.3, -0.25) is 0 Å². The smallest absolute Gasteiger partial charge is 0.373 e. The van der Waals surface area contributed by atoms with Crippen LogP contribution in [0, 0.1) is 22.7 Å². The van der Waals surface area contributed by atoms with Crippen LogP contribution in [0.4, 0.5) is 0 Å². The van der Waals surface area contributed by atoms with Gasteiger partial charge in [0.25, 0.3) is 0 Å². The first-order valence-electron chi connectivity index (χ1n) is 2.23. The van der Waals surface area contributed by atoms with Crippen LogP contribution in [-0.2, 0) is 0 Å². The second kappa shape index (κ2) is 10.5. The Balaban J connectivity index is -0.000000405. The molecule has 0 heterocycles. The third-order valence-corrected chi connectivity index (χ3v) is 1.24. The zero-order valence-electron chi connectivity index (χ0n) is 6.81. The van der Waals surface area contributed by atoms with Crippen LogP contribution in [0.3, 0.4) is 0 Å². The molecule has 1 unspecified atom stereocenters. The Labute approximate surface area is 126 Å². The summed E-state index contributed by atoms with van der Waals surface area (Å²) in [6.45, 7) is 0. The molecule has 0 fully saturated rings. The van der Waals surface area contributed by atoms with E-state index in [1.807, 2.05) is 0 Å². The van der Waals surface area contributed by atoms with Crippen molar-refractivity contribution in [2.75, 3.05) is 0 Å². The summed E-state index contributed by atoms with van der Waals surface area (Å²) in [5, 5.41) is 25.2. The van der Waals surface area contributed by atoms with E-state index in [4.69, 9.17) is 15.6 Å². The Morgan fingerprint density at radius 3 is 1.75 bits per heavy atom. The second-order valence-corrected chi connectivity index (χ2v) is 2.63. The monoisotopic (exact) mass is 218 g/mol. The molecule has 7 heteroatoms. The SMILES string of the molecule is N#CC(=C(S)S)C(O)C#N.[Na+].[Na+]. The van der Waals surface area contributed by atoms with Gasteiger partial charge in [0.15, 0.2) is 6.10 Å². The van der Waals surface area contributed by atoms with Crippen LogP contribution < -0.4 is 59.1 Å². The molecule has 0 aromatic rings. The van der Waals surface area contributed by atoms with E-state index < -0.39 is 6.10 Å². The number of thiol groups is 2. The maximum Gasteiger partial charge on any atom is 1.00 e. The van der Waals surface area contributed by atoms with Crippen molar-refractivity contribution in [1.29, 1.82) is 10.5 Å². The first-order valence-corrected chi connectivity index (χ1v) is 3.12. The van der Waals surface area contributed by atoms with Gasteiger partial charge >= 0.3 is 59.1 Å². The summed E-state index contributed by atoms with van der Waals surface area (Å²) in [5.41, 5.74) is -0.130. The summed E-state index contributed by atoms with van der Waals surface area (Å²) in [7, 11) is 0. The minimum Gasteiger partial charge on any atom is -0.373 e. The van der Waals surface area contributed by atoms with Gasteiger partial charge in [0, 0.05) is 0 Å². The predicted octanol–water partition coefficient (Wildman–Crippen LogP) is -5.53. The standard InChI is InChI=1S/C5H4N2OS2.2Na/c6-1-3(5(9)10)4(8)2-7;;/h4,8-10H;;/q;2*+1. The molecule has 0 spiro atoms. The number of nitrogens with zero attached hydrogens (tertiary/aromatic N) is 2. The first-order chi connectivity index (χ1) is 4.63. The fourth-order valence-electron chi connectivity index (χ4n) is 0.298. The van der Waals surface area contributed by atoms with Gasteiger partial charge in [0.05, 0.1) is 15.9 Å². The molecule has 0 bridgehead atoms. The molecule has 0 saturated heterocycles. The van der Waals surface area contributed by atoms with Crippen molar-refractivity contribution >= 4 is 25.3 Å². The molecular formula is C5H4N2Na2OS2+2. The van der Waals surface area contributed by atoms with Gasteiger partial charge in [-0.25, -0.2) is 0 Å². The predicted molar refractivity (Wildman–Crippen MR) is 42.2 cm³/mol. The molecule has 0 amide bonds. The molecule has 0 aromatic heterocycles. The van der Waals surface area contributed by atoms with Crippen molar-refractivity contribution in [3.05, 3.63) is 9.81 Å². The maximum atomic E-state index is 8.75. The number of hydrogen-bond acceptors (Lipinski definition) is 5. The third kappa shape index (κ3) is 6.85. The van der Waals surface area contributed by atoms with Gasteiger partial charge in [0.2, 0.25) is 0 Å². The largest absolute Gasteiger partial charge is 1.00 e. The Morgan fingerprint density at radius 2 is 1.67 bits per heavy atom. The van der Waals surface area contributed by atoms with Crippen LogP contribution in [-0.4, -0.2) is 11.2 Å². The van der Waals surface area contributed by atoms with E-state index in [1.54, 1.807) is 6.07 Å². The van der Waals surface area contributed by atoms with Crippen molar-refractivity contribution in [2.45, 2.75) is 6.10 Å². The normalized spacial score (nSPS) is 9.08. The molecule has 0 aliphatic carbocycles. The molecule has 52 valence electrons. The molecule has 3 nitrogen and oxygen atoms in total. The van der Waals surface area contributed by atoms with Crippen LogP contribution in [0.25, 0.3) is 0 Å². The molecule has 0 aromatic carbocycles. The molecular weight excluding hydrogens is 214 g/mol. The quantitative estimate of drug-likeness (QED) is 0.178. The van der Waals surface area contributed by atoms with Crippen molar-refractivity contribution < 1.29 is 64.2 Å². The van der Waals surface area contributed by atoms with Crippen molar-refractivity contribution in [3.8, 4) is 12.1 Å². The van der Waals surface area contributed by atoms with Crippen molar-refractivity contribution in [1.82, 2.24) is 0 Å². The third-order valence-electron chi connectivity index (χ3n) is 0.757. The minimum absolute atomic E-state index is 0. The van der Waals surface area contributed by atoms with Gasteiger partial charge in [-0.2, -0.15) is 10.5 Å². The van der Waals surface area contributed by atoms with E-state index >= 15 is 0 Å². The maximum absolute atomic E-state index is 8.75. The van der Waals surface area contributed by atoms with Crippen LogP contribution in [0.15, 0.2) is 9.81 Å². The Hall–Kier alpha value is 1.38. The van der Waals surface area contributed by atoms with Crippen molar-refractivity contribution in [3.63, 3.8) is 0 Å². The van der Waals surface area contributed by atoms with E-state index in [0.29, 0.717) is 0 Å². The Bertz CT molecular complexity index is 239. The van der Waals surface area contributed by atoms with Gasteiger partial charge in [-0.1, -0.05) is 0 Å². The van der Waals surface area contributed by atoms with Gasteiger partial charge < -0.3 is 5.11 Å². The molecule has 0 rings (SSSR count). The summed E-state index contributed by atoms with van der Waals surface area (Å²) in [5.74, 6) is 0. The molecule has 0 aliphatic heterocycles. The summed E-state index contributed by atoms with van der Waals surface area (Å²) in [4.78, 5) is 0. The molecule has 0 saturated carbocycles. The summed E-state index contributed by atoms with van der Waals surface area (Å²) in [6, 6.07) is 3.08. The summed E-state index contributed by atoms with van der Waals surface area (Å²) in [6.07, 6.45) is -1.42. The van der Waals surface area contributed by atoms with Gasteiger partial charge in [-0.15, -0.1) is 25.3 Å². The van der Waals surface area contributed by atoms with Gasteiger partial charge in [0.1, 0.15) is 6.07 Å². The summed E-state index contributed by atoms with van der Waals surface area (Å²) >= 11 is 7.35. The zero-order valence-corrected chi connectivity index (χ0v) is 12.6. The number of aliphatic hydroxyl groups is 1. The zero-order chi connectivity index (χ0) is 8.15. The molecule has 1 N–H and O–H groups in total. The first kappa shape index (κ1) is 19.0. The van der Waals surface area contributed by atoms with E-state index in [0.717, 1.165) is 0 Å². The number of nitriles is 2. The molecule has 0 radical (unpaired) electrons. The van der Waals surface area contributed by atoms with Crippen LogP contribution in [0.2, 0.25) is 0 Å². The van der Waals surface area contributed by atoms with Crippen LogP contribution in [0.5, 0.6) is 0 Å². The van der Waals surface area contributed by atoms with Crippen LogP contribution in [0.1, 0.15) is 0 Å². The average molecular weight is 218 g/mol. The topological polar surface area (TPSA) is 67.8 Å². The number of hydrogen-bond donors (Lipinski definition) is 3. The van der Waals surface area contributed by atoms with Gasteiger partial charge in [-0.05, 0) is 0 Å². The Morgan fingerprint density at radius 1 is 1.25 bits per heavy atom. The van der Waals surface area contributed by atoms with E-state index in [-0.39, 0.29) is 68.9 Å². The van der Waals surface area contributed by atoms with Crippen LogP contribution >= 0.6 is 25.3 Å². The fraction of sp³-hybridized carbons (Fsp3) is 0.200. The van der Waals surface area contributed by atoms with Crippen molar-refractivity contribution in [2.24, 2.45) is 0 Å². The molecule has 1 atom stereocenters. The number of rotatable bonds is 1. The number of aliphatic hydroxyl groups excluding tert-OH is 1. The minimum atomic E-state index is -1.42. The molecule has 0 aliphatic rings. The molecule has 12 heavy (non-hydrogen) atoms. The van der Waals surface area contributed by atoms with E-state index in [9.17, 15) is 0 Å². The fourth-order valence-corrected chi connectivity index (χ4v) is 0.643. The Kier molecular flexibility index (Phi) is 16.6. The second-order valence-electron chi connectivity index (χ2n) is 1.38.